The van der Waals surface area contributed by atoms with Gasteiger partial charge in [0, 0.05) is 30.6 Å². The van der Waals surface area contributed by atoms with Gasteiger partial charge in [-0.3, -0.25) is 0 Å². The van der Waals surface area contributed by atoms with Crippen molar-refractivity contribution in [3.8, 4) is 11.5 Å². The summed E-state index contributed by atoms with van der Waals surface area (Å²) in [7, 11) is 0.0535. The van der Waals surface area contributed by atoms with E-state index in [1.54, 1.807) is 20.5 Å². The first-order valence-corrected chi connectivity index (χ1v) is 10.7. The highest BCUT2D eigenvalue weighted by Crippen LogP contribution is 2.35. The zero-order chi connectivity index (χ0) is 19.0. The van der Waals surface area contributed by atoms with Crippen molar-refractivity contribution in [1.82, 2.24) is 14.7 Å². The number of ether oxygens (including phenoxy) is 2. The zero-order valence-corrected chi connectivity index (χ0v) is 16.3. The maximum absolute atomic E-state index is 12.1. The molecule has 2 aromatic rings. The number of hydrogen-bond donors (Lipinski definition) is 1. The molecule has 1 saturated heterocycles. The molecule has 2 heterocycles. The molecule has 0 unspecified atom stereocenters. The number of nitrogens with one attached hydrogen (secondary N) is 1. The molecule has 9 heteroatoms. The maximum atomic E-state index is 12.1. The second-order valence-corrected chi connectivity index (χ2v) is 9.04. The zero-order valence-electron chi connectivity index (χ0n) is 15.5. The van der Waals surface area contributed by atoms with Crippen LogP contribution in [0.5, 0.6) is 11.5 Å². The highest BCUT2D eigenvalue weighted by atomic mass is 32.2. The van der Waals surface area contributed by atoms with Gasteiger partial charge in [-0.1, -0.05) is 0 Å². The van der Waals surface area contributed by atoms with E-state index >= 15 is 0 Å². The lowest BCUT2D eigenvalue weighted by molar-refractivity contribution is 0.355. The first-order chi connectivity index (χ1) is 13.0. The van der Waals surface area contributed by atoms with Crippen LogP contribution in [0.2, 0.25) is 0 Å². The SMILES string of the molecule is COc1cc2ncnc(N3CCC(NS(=O)(=O)C4CC4)CC3)c2cc1OC. The molecule has 1 aliphatic carbocycles. The number of hydrogen-bond acceptors (Lipinski definition) is 7. The number of sulfonamides is 1. The fourth-order valence-electron chi connectivity index (χ4n) is 3.54. The number of rotatable bonds is 6. The average molecular weight is 392 g/mol. The Morgan fingerprint density at radius 3 is 2.33 bits per heavy atom. The Kier molecular flexibility index (Phi) is 4.81. The molecule has 1 aromatic carbocycles. The molecule has 146 valence electrons. The van der Waals surface area contributed by atoms with Crippen LogP contribution in [0, 0.1) is 0 Å². The van der Waals surface area contributed by atoms with Crippen LogP contribution in [0.15, 0.2) is 18.5 Å². The van der Waals surface area contributed by atoms with Gasteiger partial charge in [0.15, 0.2) is 11.5 Å². The van der Waals surface area contributed by atoms with Crippen LogP contribution in [0.25, 0.3) is 10.9 Å². The van der Waals surface area contributed by atoms with E-state index in [1.165, 1.54) is 0 Å². The van der Waals surface area contributed by atoms with Gasteiger partial charge < -0.3 is 14.4 Å². The molecule has 0 amide bonds. The first kappa shape index (κ1) is 18.2. The van der Waals surface area contributed by atoms with Crippen molar-refractivity contribution in [2.45, 2.75) is 37.0 Å². The molecule has 0 bridgehead atoms. The van der Waals surface area contributed by atoms with E-state index < -0.39 is 10.0 Å². The van der Waals surface area contributed by atoms with Crippen molar-refractivity contribution < 1.29 is 17.9 Å². The predicted molar refractivity (Wildman–Crippen MR) is 103 cm³/mol. The molecular weight excluding hydrogens is 368 g/mol. The summed E-state index contributed by atoms with van der Waals surface area (Å²) in [4.78, 5) is 11.0. The first-order valence-electron chi connectivity index (χ1n) is 9.14. The van der Waals surface area contributed by atoms with E-state index in [9.17, 15) is 8.42 Å². The monoisotopic (exact) mass is 392 g/mol. The number of anilines is 1. The Morgan fingerprint density at radius 1 is 1.04 bits per heavy atom. The van der Waals surface area contributed by atoms with E-state index in [1.807, 2.05) is 12.1 Å². The molecule has 2 aliphatic rings. The van der Waals surface area contributed by atoms with Crippen molar-refractivity contribution in [2.75, 3.05) is 32.2 Å². The summed E-state index contributed by atoms with van der Waals surface area (Å²) in [6.07, 6.45) is 4.62. The normalized spacial score (nSPS) is 18.7. The second kappa shape index (κ2) is 7.12. The average Bonchev–Trinajstić information content (AvgIpc) is 3.52. The van der Waals surface area contributed by atoms with Crippen molar-refractivity contribution in [3.63, 3.8) is 0 Å². The third-order valence-electron chi connectivity index (χ3n) is 5.21. The topological polar surface area (TPSA) is 93.7 Å². The summed E-state index contributed by atoms with van der Waals surface area (Å²) < 4.78 is 37.9. The number of piperidine rings is 1. The summed E-state index contributed by atoms with van der Waals surface area (Å²) >= 11 is 0. The lowest BCUT2D eigenvalue weighted by atomic mass is 10.1. The molecule has 27 heavy (non-hydrogen) atoms. The molecule has 1 N–H and O–H groups in total. The van der Waals surface area contributed by atoms with Crippen LogP contribution in [0.4, 0.5) is 5.82 Å². The highest BCUT2D eigenvalue weighted by molar-refractivity contribution is 7.90. The minimum absolute atomic E-state index is 0.00502. The van der Waals surface area contributed by atoms with E-state index in [-0.39, 0.29) is 11.3 Å². The van der Waals surface area contributed by atoms with Crippen LogP contribution in [0.1, 0.15) is 25.7 Å². The van der Waals surface area contributed by atoms with Gasteiger partial charge in [0.2, 0.25) is 10.0 Å². The Bertz CT molecular complexity index is 938. The third-order valence-corrected chi connectivity index (χ3v) is 7.22. The van der Waals surface area contributed by atoms with Gasteiger partial charge in [0.25, 0.3) is 0 Å². The van der Waals surface area contributed by atoms with Gasteiger partial charge in [-0.05, 0) is 31.7 Å². The number of benzene rings is 1. The number of nitrogens with zero attached hydrogens (tertiary/aromatic N) is 3. The standard InChI is InChI=1S/C18H24N4O4S/c1-25-16-9-14-15(10-17(16)26-2)19-11-20-18(14)22-7-5-12(6-8-22)21-27(23,24)13-3-4-13/h9-13,21H,3-8H2,1-2H3. The van der Waals surface area contributed by atoms with Crippen LogP contribution in [-0.2, 0) is 10.0 Å². The van der Waals surface area contributed by atoms with Crippen molar-refractivity contribution in [1.29, 1.82) is 0 Å². The lowest BCUT2D eigenvalue weighted by Crippen LogP contribution is -2.45. The quantitative estimate of drug-likeness (QED) is 0.800. The molecule has 0 spiro atoms. The van der Waals surface area contributed by atoms with Crippen LogP contribution in [-0.4, -0.2) is 57.0 Å². The van der Waals surface area contributed by atoms with Gasteiger partial charge in [-0.15, -0.1) is 0 Å². The summed E-state index contributed by atoms with van der Waals surface area (Å²) in [5.41, 5.74) is 0.786. The largest absolute Gasteiger partial charge is 0.493 e. The Hall–Kier alpha value is -2.13. The minimum Gasteiger partial charge on any atom is -0.493 e. The molecule has 4 rings (SSSR count). The smallest absolute Gasteiger partial charge is 0.214 e. The molecule has 1 saturated carbocycles. The fourth-order valence-corrected chi connectivity index (χ4v) is 5.19. The lowest BCUT2D eigenvalue weighted by Gasteiger charge is -2.33. The second-order valence-electron chi connectivity index (χ2n) is 7.05. The highest BCUT2D eigenvalue weighted by Gasteiger charge is 2.37. The summed E-state index contributed by atoms with van der Waals surface area (Å²) in [6, 6.07) is 3.73. The number of methoxy groups -OCH3 is 2. The van der Waals surface area contributed by atoms with Gasteiger partial charge in [0.05, 0.1) is 25.0 Å². The molecule has 0 radical (unpaired) electrons. The molecule has 1 aliphatic heterocycles. The third kappa shape index (κ3) is 3.66. The van der Waals surface area contributed by atoms with Crippen molar-refractivity contribution >= 4 is 26.7 Å². The number of fused-ring (bicyclic) bond motifs is 1. The Morgan fingerprint density at radius 2 is 1.70 bits per heavy atom. The van der Waals surface area contributed by atoms with Crippen molar-refractivity contribution in [2.24, 2.45) is 0 Å². The van der Waals surface area contributed by atoms with Crippen LogP contribution >= 0.6 is 0 Å². The molecule has 0 atom stereocenters. The number of aromatic nitrogens is 2. The van der Waals surface area contributed by atoms with Gasteiger partial charge in [-0.25, -0.2) is 23.1 Å². The molecule has 8 nitrogen and oxygen atoms in total. The Balaban J connectivity index is 1.53. The molecular formula is C18H24N4O4S. The van der Waals surface area contributed by atoms with Crippen LogP contribution in [0.3, 0.4) is 0 Å². The van der Waals surface area contributed by atoms with E-state index in [2.05, 4.69) is 19.6 Å². The summed E-state index contributed by atoms with van der Waals surface area (Å²) in [5, 5.41) is 0.718. The molecule has 2 fully saturated rings. The summed E-state index contributed by atoms with van der Waals surface area (Å²) in [6.45, 7) is 1.47. The Labute approximate surface area is 158 Å². The van der Waals surface area contributed by atoms with Crippen molar-refractivity contribution in [3.05, 3.63) is 18.5 Å². The minimum atomic E-state index is -3.14. The van der Waals surface area contributed by atoms with Gasteiger partial charge in [0.1, 0.15) is 12.1 Å². The van der Waals surface area contributed by atoms with Crippen LogP contribution < -0.4 is 19.1 Å². The van der Waals surface area contributed by atoms with E-state index in [0.29, 0.717) is 11.5 Å². The predicted octanol–water partition coefficient (Wildman–Crippen LogP) is 1.70. The van der Waals surface area contributed by atoms with E-state index in [4.69, 9.17) is 9.47 Å². The molecule has 1 aromatic heterocycles. The maximum Gasteiger partial charge on any atom is 0.214 e. The van der Waals surface area contributed by atoms with Gasteiger partial charge >= 0.3 is 0 Å². The van der Waals surface area contributed by atoms with Gasteiger partial charge in [-0.2, -0.15) is 0 Å². The fraction of sp³-hybridized carbons (Fsp3) is 0.556. The summed E-state index contributed by atoms with van der Waals surface area (Å²) in [5.74, 6) is 2.10. The van der Waals surface area contributed by atoms with E-state index in [0.717, 1.165) is 55.5 Å².